The highest BCUT2D eigenvalue weighted by Crippen LogP contribution is 2.32. The molecule has 0 saturated carbocycles. The molecule has 0 fully saturated rings. The maximum Gasteiger partial charge on any atom is 0.419 e. The van der Waals surface area contributed by atoms with E-state index in [1.54, 1.807) is 76.2 Å². The number of nitrogens with zero attached hydrogens (tertiary/aromatic N) is 2. The Hall–Kier alpha value is -4.15. The molecule has 3 aromatic rings. The van der Waals surface area contributed by atoms with Crippen molar-refractivity contribution in [1.29, 1.82) is 0 Å². The van der Waals surface area contributed by atoms with Crippen molar-refractivity contribution in [1.82, 2.24) is 15.3 Å². The van der Waals surface area contributed by atoms with E-state index in [-0.39, 0.29) is 36.9 Å². The van der Waals surface area contributed by atoms with Crippen LogP contribution in [0.5, 0.6) is 0 Å². The lowest BCUT2D eigenvalue weighted by atomic mass is 9.98. The molecule has 0 bridgehead atoms. The number of aryl methyl sites for hydroxylation is 2. The predicted molar refractivity (Wildman–Crippen MR) is 141 cm³/mol. The van der Waals surface area contributed by atoms with Gasteiger partial charge in [-0.2, -0.15) is 13.2 Å². The van der Waals surface area contributed by atoms with Gasteiger partial charge < -0.3 is 21.1 Å². The SMILES string of the molecule is CC(NC(=O)OC(C)(C)C)c1ccc(Nc2ncc(C(F)(F)F)c(CCc3ccccc3CC(N)=O)n2)cc1. The Kier molecular flexibility index (Phi) is 9.15. The normalized spacial score (nSPS) is 12.5. The van der Waals surface area contributed by atoms with Gasteiger partial charge in [0.25, 0.3) is 0 Å². The number of alkyl halides is 3. The minimum atomic E-state index is -4.63. The lowest BCUT2D eigenvalue weighted by molar-refractivity contribution is -0.138. The number of hydrogen-bond acceptors (Lipinski definition) is 6. The van der Waals surface area contributed by atoms with Crippen molar-refractivity contribution >= 4 is 23.6 Å². The fraction of sp³-hybridized carbons (Fsp3) is 0.357. The molecule has 0 saturated heterocycles. The Balaban J connectivity index is 1.74. The highest BCUT2D eigenvalue weighted by Gasteiger charge is 2.35. The van der Waals surface area contributed by atoms with E-state index in [0.29, 0.717) is 11.3 Å². The van der Waals surface area contributed by atoms with Crippen LogP contribution >= 0.6 is 0 Å². The van der Waals surface area contributed by atoms with E-state index < -0.39 is 29.3 Å². The number of rotatable bonds is 9. The van der Waals surface area contributed by atoms with Crippen LogP contribution in [0.2, 0.25) is 0 Å². The largest absolute Gasteiger partial charge is 0.444 e. The lowest BCUT2D eigenvalue weighted by Gasteiger charge is -2.22. The van der Waals surface area contributed by atoms with Gasteiger partial charge >= 0.3 is 12.3 Å². The third-order valence-electron chi connectivity index (χ3n) is 5.69. The molecular formula is C28H32F3N5O3. The number of halogens is 3. The Morgan fingerprint density at radius 1 is 1.00 bits per heavy atom. The summed E-state index contributed by atoms with van der Waals surface area (Å²) in [5, 5.41) is 5.69. The van der Waals surface area contributed by atoms with Gasteiger partial charge in [-0.15, -0.1) is 0 Å². The molecule has 2 aromatic carbocycles. The minimum Gasteiger partial charge on any atom is -0.444 e. The Labute approximate surface area is 225 Å². The molecule has 1 aromatic heterocycles. The Morgan fingerprint density at radius 3 is 2.23 bits per heavy atom. The number of primary amides is 1. The summed E-state index contributed by atoms with van der Waals surface area (Å²) in [5.74, 6) is -0.510. The average molecular weight is 544 g/mol. The van der Waals surface area contributed by atoms with Gasteiger partial charge in [0.1, 0.15) is 5.60 Å². The van der Waals surface area contributed by atoms with E-state index in [1.807, 2.05) is 0 Å². The number of aromatic nitrogens is 2. The zero-order valence-electron chi connectivity index (χ0n) is 22.2. The predicted octanol–water partition coefficient (Wildman–Crippen LogP) is 5.64. The van der Waals surface area contributed by atoms with Crippen LogP contribution in [0.3, 0.4) is 0 Å². The number of nitrogens with two attached hydrogens (primary N) is 1. The van der Waals surface area contributed by atoms with Crippen LogP contribution in [0.15, 0.2) is 54.7 Å². The second kappa shape index (κ2) is 12.1. The molecule has 8 nitrogen and oxygen atoms in total. The first-order valence-electron chi connectivity index (χ1n) is 12.4. The minimum absolute atomic E-state index is 0.000781. The molecule has 0 radical (unpaired) electrons. The molecular weight excluding hydrogens is 511 g/mol. The van der Waals surface area contributed by atoms with Crippen LogP contribution in [0.25, 0.3) is 0 Å². The summed E-state index contributed by atoms with van der Waals surface area (Å²) >= 11 is 0. The molecule has 0 aliphatic carbocycles. The molecule has 1 unspecified atom stereocenters. The number of alkyl carbamates (subject to hydrolysis) is 1. The van der Waals surface area contributed by atoms with Crippen LogP contribution in [-0.4, -0.2) is 27.6 Å². The van der Waals surface area contributed by atoms with Crippen molar-refractivity contribution < 1.29 is 27.5 Å². The van der Waals surface area contributed by atoms with Gasteiger partial charge in [0.05, 0.1) is 23.7 Å². The molecule has 208 valence electrons. The topological polar surface area (TPSA) is 119 Å². The summed E-state index contributed by atoms with van der Waals surface area (Å²) in [6.07, 6.45) is -4.18. The number of amides is 2. The van der Waals surface area contributed by atoms with E-state index in [9.17, 15) is 22.8 Å². The van der Waals surface area contributed by atoms with E-state index >= 15 is 0 Å². The maximum atomic E-state index is 13.7. The quantitative estimate of drug-likeness (QED) is 0.322. The number of carbonyl (C=O) groups excluding carboxylic acids is 2. The van der Waals surface area contributed by atoms with Gasteiger partial charge in [-0.05, 0) is 69.4 Å². The summed E-state index contributed by atoms with van der Waals surface area (Å²) in [5.41, 5.74) is 6.35. The third-order valence-corrected chi connectivity index (χ3v) is 5.69. The van der Waals surface area contributed by atoms with Crippen LogP contribution in [-0.2, 0) is 35.0 Å². The Bertz CT molecular complexity index is 1310. The van der Waals surface area contributed by atoms with Gasteiger partial charge in [-0.1, -0.05) is 36.4 Å². The van der Waals surface area contributed by atoms with Gasteiger partial charge in [-0.25, -0.2) is 14.8 Å². The van der Waals surface area contributed by atoms with Crippen LogP contribution in [0.4, 0.5) is 29.6 Å². The van der Waals surface area contributed by atoms with Crippen molar-refractivity contribution in [2.24, 2.45) is 5.73 Å². The molecule has 1 atom stereocenters. The molecule has 0 spiro atoms. The summed E-state index contributed by atoms with van der Waals surface area (Å²) in [6, 6.07) is 13.6. The molecule has 0 aliphatic heterocycles. The number of hydrogen-bond donors (Lipinski definition) is 3. The summed E-state index contributed by atoms with van der Waals surface area (Å²) in [6.45, 7) is 7.12. The summed E-state index contributed by atoms with van der Waals surface area (Å²) in [7, 11) is 0. The van der Waals surface area contributed by atoms with E-state index in [0.717, 1.165) is 17.3 Å². The van der Waals surface area contributed by atoms with Crippen LogP contribution in [0.1, 0.15) is 61.7 Å². The monoisotopic (exact) mass is 543 g/mol. The summed E-state index contributed by atoms with van der Waals surface area (Å²) < 4.78 is 46.3. The molecule has 2 amide bonds. The van der Waals surface area contributed by atoms with Crippen molar-refractivity contribution in [2.75, 3.05) is 5.32 Å². The first kappa shape index (κ1) is 29.4. The van der Waals surface area contributed by atoms with E-state index in [1.165, 1.54) is 0 Å². The van der Waals surface area contributed by atoms with Gasteiger partial charge in [0, 0.05) is 11.9 Å². The molecule has 1 heterocycles. The van der Waals surface area contributed by atoms with Crippen LogP contribution in [0, 0.1) is 0 Å². The van der Waals surface area contributed by atoms with Crippen molar-refractivity contribution in [3.05, 3.63) is 82.7 Å². The van der Waals surface area contributed by atoms with Crippen LogP contribution < -0.4 is 16.4 Å². The number of benzene rings is 2. The van der Waals surface area contributed by atoms with Crippen molar-refractivity contribution in [3.8, 4) is 0 Å². The third kappa shape index (κ3) is 8.98. The van der Waals surface area contributed by atoms with Crippen molar-refractivity contribution in [2.45, 2.75) is 64.8 Å². The number of ether oxygens (including phenoxy) is 1. The smallest absolute Gasteiger partial charge is 0.419 e. The zero-order valence-corrected chi connectivity index (χ0v) is 22.2. The fourth-order valence-corrected chi connectivity index (χ4v) is 3.87. The lowest BCUT2D eigenvalue weighted by Crippen LogP contribution is -2.34. The van der Waals surface area contributed by atoms with Crippen molar-refractivity contribution in [3.63, 3.8) is 0 Å². The molecule has 39 heavy (non-hydrogen) atoms. The second-order valence-electron chi connectivity index (χ2n) is 10.1. The first-order valence-corrected chi connectivity index (χ1v) is 12.4. The van der Waals surface area contributed by atoms with Gasteiger partial charge in [0.2, 0.25) is 11.9 Å². The molecule has 11 heteroatoms. The second-order valence-corrected chi connectivity index (χ2v) is 10.1. The average Bonchev–Trinajstić information content (AvgIpc) is 2.81. The van der Waals surface area contributed by atoms with Gasteiger partial charge in [-0.3, -0.25) is 4.79 Å². The Morgan fingerprint density at radius 2 is 1.64 bits per heavy atom. The number of nitrogens with one attached hydrogen (secondary N) is 2. The molecule has 3 rings (SSSR count). The fourth-order valence-electron chi connectivity index (χ4n) is 3.87. The maximum absolute atomic E-state index is 13.7. The number of carbonyl (C=O) groups is 2. The molecule has 4 N–H and O–H groups in total. The summed E-state index contributed by atoms with van der Waals surface area (Å²) in [4.78, 5) is 31.4. The zero-order chi connectivity index (χ0) is 28.8. The van der Waals surface area contributed by atoms with E-state index in [2.05, 4.69) is 20.6 Å². The standard InChI is InChI=1S/C28H32F3N5O3/c1-17(34-26(38)39-27(2,3)4)18-9-12-21(13-10-18)35-25-33-16-22(28(29,30)31)23(36-25)14-11-19-7-5-6-8-20(19)15-24(32)37/h5-10,12-13,16-17H,11,14-15H2,1-4H3,(H2,32,37)(H,34,38)(H,33,35,36). The number of anilines is 2. The first-order chi connectivity index (χ1) is 18.2. The highest BCUT2D eigenvalue weighted by molar-refractivity contribution is 5.77. The van der Waals surface area contributed by atoms with E-state index in [4.69, 9.17) is 10.5 Å². The molecule has 0 aliphatic rings. The van der Waals surface area contributed by atoms with Gasteiger partial charge in [0.15, 0.2) is 0 Å². The highest BCUT2D eigenvalue weighted by atomic mass is 19.4.